The van der Waals surface area contributed by atoms with Gasteiger partial charge in [0, 0.05) is 12.1 Å². The van der Waals surface area contributed by atoms with Crippen LogP contribution in [0, 0.1) is 11.3 Å². The zero-order valence-corrected chi connectivity index (χ0v) is 10.1. The van der Waals surface area contributed by atoms with Gasteiger partial charge in [0.05, 0.1) is 12.6 Å². The Morgan fingerprint density at radius 3 is 2.35 bits per heavy atom. The largest absolute Gasteiger partial charge is 0.401 e. The molecule has 1 fully saturated rings. The molecule has 1 saturated carbocycles. The average Bonchev–Trinajstić information content (AvgIpc) is 2.95. The maximum atomic E-state index is 12.4. The number of hydrogen-bond donors (Lipinski definition) is 1. The van der Waals surface area contributed by atoms with Crippen LogP contribution < -0.4 is 5.73 Å². The Bertz CT molecular complexity index is 302. The van der Waals surface area contributed by atoms with Gasteiger partial charge in [0.1, 0.15) is 5.54 Å². The third-order valence-corrected chi connectivity index (χ3v) is 2.92. The number of nitrogens with two attached hydrogens (primary N) is 1. The van der Waals surface area contributed by atoms with E-state index in [4.69, 9.17) is 11.0 Å². The van der Waals surface area contributed by atoms with Crippen molar-refractivity contribution in [1.29, 1.82) is 5.26 Å². The summed E-state index contributed by atoms with van der Waals surface area (Å²) in [5.74, 6) is 0. The lowest BCUT2D eigenvalue weighted by Crippen LogP contribution is -2.47. The van der Waals surface area contributed by atoms with E-state index in [9.17, 15) is 13.2 Å². The first kappa shape index (κ1) is 14.3. The SMILES string of the molecule is CC(CC(C)(N)C#N)N(CC(F)(F)F)C1CC1. The number of rotatable bonds is 5. The second kappa shape index (κ2) is 4.83. The Morgan fingerprint density at radius 1 is 1.47 bits per heavy atom. The number of hydrogen-bond acceptors (Lipinski definition) is 3. The summed E-state index contributed by atoms with van der Waals surface area (Å²) in [5, 5.41) is 8.80. The van der Waals surface area contributed by atoms with Crippen molar-refractivity contribution in [2.24, 2.45) is 5.73 Å². The van der Waals surface area contributed by atoms with E-state index in [0.717, 1.165) is 12.8 Å². The average molecular weight is 249 g/mol. The fraction of sp³-hybridized carbons (Fsp3) is 0.909. The molecular weight excluding hydrogens is 231 g/mol. The van der Waals surface area contributed by atoms with Gasteiger partial charge in [-0.2, -0.15) is 18.4 Å². The summed E-state index contributed by atoms with van der Waals surface area (Å²) in [5.41, 5.74) is 4.60. The molecule has 3 nitrogen and oxygen atoms in total. The Morgan fingerprint density at radius 2 is 2.00 bits per heavy atom. The van der Waals surface area contributed by atoms with E-state index in [1.165, 1.54) is 4.90 Å². The predicted octanol–water partition coefficient (Wildman–Crippen LogP) is 2.03. The van der Waals surface area contributed by atoms with Crippen LogP contribution in [0.2, 0.25) is 0 Å². The maximum Gasteiger partial charge on any atom is 0.401 e. The van der Waals surface area contributed by atoms with E-state index < -0.39 is 18.3 Å². The van der Waals surface area contributed by atoms with Crippen LogP contribution in [0.25, 0.3) is 0 Å². The van der Waals surface area contributed by atoms with Gasteiger partial charge >= 0.3 is 6.18 Å². The van der Waals surface area contributed by atoms with Gasteiger partial charge in [-0.05, 0) is 33.1 Å². The molecule has 2 atom stereocenters. The first-order valence-electron chi connectivity index (χ1n) is 5.67. The fourth-order valence-electron chi connectivity index (χ4n) is 2.03. The van der Waals surface area contributed by atoms with Gasteiger partial charge in [-0.15, -0.1) is 0 Å². The molecule has 1 aliphatic rings. The summed E-state index contributed by atoms with van der Waals surface area (Å²) >= 11 is 0. The summed E-state index contributed by atoms with van der Waals surface area (Å²) in [4.78, 5) is 1.42. The standard InChI is InChI=1S/C11H18F3N3/c1-8(5-10(2,16)6-15)17(9-3-4-9)7-11(12,13)14/h8-9H,3-5,7,16H2,1-2H3. The molecule has 0 bridgehead atoms. The lowest BCUT2D eigenvalue weighted by molar-refractivity contribution is -0.152. The van der Waals surface area contributed by atoms with E-state index in [0.29, 0.717) is 0 Å². The van der Waals surface area contributed by atoms with Crippen molar-refractivity contribution in [3.05, 3.63) is 0 Å². The van der Waals surface area contributed by atoms with Crippen LogP contribution in [0.1, 0.15) is 33.1 Å². The Hall–Kier alpha value is -0.800. The molecule has 0 amide bonds. The molecule has 6 heteroatoms. The van der Waals surface area contributed by atoms with Crippen molar-refractivity contribution in [2.45, 2.75) is 56.9 Å². The zero-order chi connectivity index (χ0) is 13.3. The second-order valence-corrected chi connectivity index (χ2v) is 5.10. The first-order chi connectivity index (χ1) is 7.64. The molecule has 1 aliphatic carbocycles. The summed E-state index contributed by atoms with van der Waals surface area (Å²) in [6.45, 7) is 2.33. The molecule has 0 saturated heterocycles. The quantitative estimate of drug-likeness (QED) is 0.811. The highest BCUT2D eigenvalue weighted by Crippen LogP contribution is 2.33. The van der Waals surface area contributed by atoms with Gasteiger partial charge in [-0.1, -0.05) is 0 Å². The minimum absolute atomic E-state index is 0.00104. The lowest BCUT2D eigenvalue weighted by atomic mass is 9.95. The maximum absolute atomic E-state index is 12.4. The van der Waals surface area contributed by atoms with Crippen molar-refractivity contribution >= 4 is 0 Å². The highest BCUT2D eigenvalue weighted by molar-refractivity contribution is 5.03. The first-order valence-corrected chi connectivity index (χ1v) is 5.67. The number of nitriles is 1. The minimum Gasteiger partial charge on any atom is -0.314 e. The molecule has 0 heterocycles. The van der Waals surface area contributed by atoms with Crippen molar-refractivity contribution in [3.63, 3.8) is 0 Å². The monoisotopic (exact) mass is 249 g/mol. The third kappa shape index (κ3) is 4.92. The van der Waals surface area contributed by atoms with Crippen molar-refractivity contribution in [1.82, 2.24) is 4.90 Å². The number of alkyl halides is 3. The molecule has 17 heavy (non-hydrogen) atoms. The normalized spacial score (nSPS) is 22.0. The smallest absolute Gasteiger partial charge is 0.314 e. The van der Waals surface area contributed by atoms with Crippen LogP contribution in [0.5, 0.6) is 0 Å². The van der Waals surface area contributed by atoms with Gasteiger partial charge in [-0.25, -0.2) is 0 Å². The van der Waals surface area contributed by atoms with Crippen molar-refractivity contribution < 1.29 is 13.2 Å². The molecule has 2 N–H and O–H groups in total. The van der Waals surface area contributed by atoms with Crippen LogP contribution in [0.4, 0.5) is 13.2 Å². The van der Waals surface area contributed by atoms with Gasteiger partial charge in [0.2, 0.25) is 0 Å². The molecule has 2 unspecified atom stereocenters. The highest BCUT2D eigenvalue weighted by Gasteiger charge is 2.41. The molecule has 98 valence electrons. The second-order valence-electron chi connectivity index (χ2n) is 5.10. The summed E-state index contributed by atoms with van der Waals surface area (Å²) in [7, 11) is 0. The minimum atomic E-state index is -4.20. The fourth-order valence-corrected chi connectivity index (χ4v) is 2.03. The Labute approximate surface area is 99.4 Å². The lowest BCUT2D eigenvalue weighted by Gasteiger charge is -2.32. The van der Waals surface area contributed by atoms with Gasteiger partial charge in [0.25, 0.3) is 0 Å². The predicted molar refractivity (Wildman–Crippen MR) is 58.1 cm³/mol. The molecule has 0 aromatic rings. The van der Waals surface area contributed by atoms with Gasteiger partial charge < -0.3 is 5.73 Å². The van der Waals surface area contributed by atoms with Gasteiger partial charge in [0.15, 0.2) is 0 Å². The summed E-state index contributed by atoms with van der Waals surface area (Å²) in [6.07, 6.45) is -2.35. The van der Waals surface area contributed by atoms with E-state index in [1.54, 1.807) is 13.8 Å². The molecule has 0 aliphatic heterocycles. The van der Waals surface area contributed by atoms with E-state index >= 15 is 0 Å². The van der Waals surface area contributed by atoms with Crippen LogP contribution in [-0.2, 0) is 0 Å². The Kier molecular flexibility index (Phi) is 4.05. The number of halogens is 3. The zero-order valence-electron chi connectivity index (χ0n) is 10.1. The van der Waals surface area contributed by atoms with E-state index in [1.807, 2.05) is 6.07 Å². The van der Waals surface area contributed by atoms with Crippen molar-refractivity contribution in [2.75, 3.05) is 6.54 Å². The Balaban J connectivity index is 2.62. The van der Waals surface area contributed by atoms with Gasteiger partial charge in [-0.3, -0.25) is 4.90 Å². The topological polar surface area (TPSA) is 53.1 Å². The highest BCUT2D eigenvalue weighted by atomic mass is 19.4. The molecule has 0 aromatic heterocycles. The molecule has 0 aromatic carbocycles. The van der Waals surface area contributed by atoms with E-state index in [-0.39, 0.29) is 18.5 Å². The molecule has 0 spiro atoms. The van der Waals surface area contributed by atoms with Crippen LogP contribution in [0.15, 0.2) is 0 Å². The van der Waals surface area contributed by atoms with Crippen LogP contribution >= 0.6 is 0 Å². The molecular formula is C11H18F3N3. The van der Waals surface area contributed by atoms with Crippen LogP contribution in [-0.4, -0.2) is 35.2 Å². The van der Waals surface area contributed by atoms with E-state index in [2.05, 4.69) is 0 Å². The molecule has 0 radical (unpaired) electrons. The molecule has 1 rings (SSSR count). The van der Waals surface area contributed by atoms with Crippen LogP contribution in [0.3, 0.4) is 0 Å². The number of nitrogens with zero attached hydrogens (tertiary/aromatic N) is 2. The summed E-state index contributed by atoms with van der Waals surface area (Å²) < 4.78 is 37.3. The summed E-state index contributed by atoms with van der Waals surface area (Å²) in [6, 6.07) is 1.59. The third-order valence-electron chi connectivity index (χ3n) is 2.92. The van der Waals surface area contributed by atoms with Crippen molar-refractivity contribution in [3.8, 4) is 6.07 Å².